The average Bonchev–Trinajstić information content (AvgIpc) is 3.83. The highest BCUT2D eigenvalue weighted by molar-refractivity contribution is 5.94. The number of allylic oxidation sites excluding steroid dienone is 1. The summed E-state index contributed by atoms with van der Waals surface area (Å²) in [6.45, 7) is 2.95. The van der Waals surface area contributed by atoms with Crippen molar-refractivity contribution >= 4 is 34.1 Å². The number of nitrogens with one attached hydrogen (secondary N) is 1. The van der Waals surface area contributed by atoms with Crippen LogP contribution in [0.1, 0.15) is 31.2 Å². The molecule has 1 aliphatic rings. The zero-order valence-electron chi connectivity index (χ0n) is 24.7. The number of benzene rings is 2. The lowest BCUT2D eigenvalue weighted by Gasteiger charge is -2.16. The molecular weight excluding hydrogens is 560 g/mol. The van der Waals surface area contributed by atoms with Crippen LogP contribution in [0.5, 0.6) is 17.2 Å². The first-order chi connectivity index (χ1) is 21.2. The van der Waals surface area contributed by atoms with Crippen LogP contribution in [0.25, 0.3) is 10.9 Å². The number of fused-ring (bicyclic) bond motifs is 1. The molecule has 0 atom stereocenters. The highest BCUT2D eigenvalue weighted by Gasteiger charge is 2.27. The summed E-state index contributed by atoms with van der Waals surface area (Å²) in [5, 5.41) is 12.9. The normalized spacial score (nSPS) is 13.5. The number of nitrogens with zero attached hydrogens (tertiary/aromatic N) is 5. The Hall–Kier alpha value is -5.54. The molecule has 226 valence electrons. The first-order valence-corrected chi connectivity index (χ1v) is 14.0. The van der Waals surface area contributed by atoms with Gasteiger partial charge in [-0.15, -0.1) is 0 Å². The molecule has 0 saturated heterocycles. The van der Waals surface area contributed by atoms with Gasteiger partial charge in [-0.1, -0.05) is 5.92 Å². The summed E-state index contributed by atoms with van der Waals surface area (Å²) in [6, 6.07) is 13.1. The van der Waals surface area contributed by atoms with Crippen molar-refractivity contribution in [2.45, 2.75) is 25.7 Å². The lowest BCUT2D eigenvalue weighted by atomic mass is 10.1. The average molecular weight is 595 g/mol. The Morgan fingerprint density at radius 2 is 2.00 bits per heavy atom. The number of aliphatic carboxylic acids is 1. The zero-order valence-corrected chi connectivity index (χ0v) is 24.7. The van der Waals surface area contributed by atoms with Gasteiger partial charge in [0.25, 0.3) is 0 Å². The lowest BCUT2D eigenvalue weighted by Crippen LogP contribution is -2.26. The van der Waals surface area contributed by atoms with E-state index in [1.807, 2.05) is 43.3 Å². The molecule has 44 heavy (non-hydrogen) atoms. The lowest BCUT2D eigenvalue weighted by molar-refractivity contribution is -0.130. The Morgan fingerprint density at radius 3 is 2.75 bits per heavy atom. The summed E-state index contributed by atoms with van der Waals surface area (Å²) in [7, 11) is 3.97. The van der Waals surface area contributed by atoms with Crippen LogP contribution in [0, 0.1) is 11.8 Å². The number of nitrogens with two attached hydrogens (primary N) is 2. The van der Waals surface area contributed by atoms with Gasteiger partial charge in [-0.25, -0.2) is 19.8 Å². The Bertz CT molecular complexity index is 1870. The molecule has 2 heterocycles. The van der Waals surface area contributed by atoms with E-state index >= 15 is 0 Å². The minimum Gasteiger partial charge on any atom is -0.490 e. The molecule has 1 saturated carbocycles. The Balaban J connectivity index is 1.38. The van der Waals surface area contributed by atoms with Gasteiger partial charge in [0.05, 0.1) is 11.2 Å². The Labute approximate surface area is 254 Å². The quantitative estimate of drug-likeness (QED) is 0.120. The molecule has 1 fully saturated rings. The van der Waals surface area contributed by atoms with Crippen LogP contribution in [-0.2, 0) is 4.79 Å². The summed E-state index contributed by atoms with van der Waals surface area (Å²) in [5.41, 5.74) is 10.4. The molecule has 0 spiro atoms. The molecule has 12 heteroatoms. The smallest absolute Gasteiger partial charge is 0.382 e. The van der Waals surface area contributed by atoms with E-state index in [4.69, 9.17) is 26.2 Å². The molecule has 2 aromatic heterocycles. The molecule has 0 aliphatic heterocycles. The highest BCUT2D eigenvalue weighted by atomic mass is 16.5. The molecule has 4 aromatic rings. The summed E-state index contributed by atoms with van der Waals surface area (Å²) in [4.78, 5) is 26.0. The zero-order chi connectivity index (χ0) is 31.2. The van der Waals surface area contributed by atoms with Crippen molar-refractivity contribution in [3.8, 4) is 29.1 Å². The van der Waals surface area contributed by atoms with Crippen LogP contribution in [0.2, 0.25) is 0 Å². The third-order valence-corrected chi connectivity index (χ3v) is 6.77. The third-order valence-electron chi connectivity index (χ3n) is 6.77. The molecule has 5 rings (SSSR count). The van der Waals surface area contributed by atoms with E-state index in [2.05, 4.69) is 38.2 Å². The van der Waals surface area contributed by atoms with Crippen molar-refractivity contribution in [2.24, 2.45) is 4.99 Å². The first-order valence-electron chi connectivity index (χ1n) is 14.0. The topological polar surface area (TPSA) is 166 Å². The van der Waals surface area contributed by atoms with E-state index in [0.717, 1.165) is 47.3 Å². The number of nitrogen functional groups attached to an aromatic ring is 2. The predicted molar refractivity (Wildman–Crippen MR) is 169 cm³/mol. The van der Waals surface area contributed by atoms with Gasteiger partial charge in [0, 0.05) is 53.6 Å². The number of carbonyl (C=O) groups is 1. The van der Waals surface area contributed by atoms with Gasteiger partial charge in [-0.2, -0.15) is 0 Å². The van der Waals surface area contributed by atoms with Gasteiger partial charge >= 0.3 is 5.97 Å². The SMILES string of the molecule is C/C(C#CC(=O)O)=C/N=c1/cc(Oc2ccc(Nc3ncnc4cc(OCCN(C)C)c(N)cc34)cc2C2CC2)ccn1N. The van der Waals surface area contributed by atoms with Crippen molar-refractivity contribution in [3.63, 3.8) is 0 Å². The fourth-order valence-electron chi connectivity index (χ4n) is 4.35. The number of likely N-dealkylation sites (N-methyl/N-ethyl adjacent to an activating group) is 1. The van der Waals surface area contributed by atoms with Crippen LogP contribution in [-0.4, -0.2) is 57.9 Å². The van der Waals surface area contributed by atoms with Gasteiger partial charge < -0.3 is 36.4 Å². The number of ether oxygens (including phenoxy) is 2. The maximum Gasteiger partial charge on any atom is 0.382 e. The summed E-state index contributed by atoms with van der Waals surface area (Å²) >= 11 is 0. The van der Waals surface area contributed by atoms with Crippen LogP contribution in [0.4, 0.5) is 17.2 Å². The van der Waals surface area contributed by atoms with Gasteiger partial charge in [0.15, 0.2) is 5.49 Å². The minimum atomic E-state index is -1.21. The number of pyridine rings is 1. The monoisotopic (exact) mass is 594 g/mol. The molecule has 6 N–H and O–H groups in total. The molecule has 0 radical (unpaired) electrons. The highest BCUT2D eigenvalue weighted by Crippen LogP contribution is 2.46. The number of hydrogen-bond acceptors (Lipinski definition) is 10. The van der Waals surface area contributed by atoms with Crippen LogP contribution < -0.4 is 31.9 Å². The van der Waals surface area contributed by atoms with Crippen LogP contribution in [0.15, 0.2) is 71.8 Å². The standard InChI is InChI=1S/C32H34N8O4/c1-20(4-9-31(41)42)18-35-30-15-23(10-11-40(30)34)44-28-8-7-22(14-24(28)21-5-6-21)38-32-25-16-26(33)29(43-13-12-39(2)3)17-27(25)36-19-37-32/h7-8,10-11,14-19,21H,5-6,12-13,33-34H2,1-3H3,(H,41,42)(H,36,37,38)/b20-18-,35-30-. The van der Waals surface area contributed by atoms with Gasteiger partial charge in [0.1, 0.15) is 36.0 Å². The molecular formula is C32H34N8O4. The molecule has 12 nitrogen and oxygen atoms in total. The number of carboxylic acids is 1. The Morgan fingerprint density at radius 1 is 1.18 bits per heavy atom. The van der Waals surface area contributed by atoms with Crippen LogP contribution >= 0.6 is 0 Å². The molecule has 0 bridgehead atoms. The molecule has 1 aliphatic carbocycles. The van der Waals surface area contributed by atoms with E-state index in [9.17, 15) is 4.79 Å². The fourth-order valence-corrected chi connectivity index (χ4v) is 4.35. The number of carboxylic acid groups (broad SMARTS) is 1. The fraction of sp³-hybridized carbons (Fsp3) is 0.250. The van der Waals surface area contributed by atoms with Crippen molar-refractivity contribution in [2.75, 3.05) is 44.1 Å². The summed E-state index contributed by atoms with van der Waals surface area (Å²) in [6.07, 6.45) is 6.75. The molecule has 0 amide bonds. The number of anilines is 3. The van der Waals surface area contributed by atoms with Crippen molar-refractivity contribution in [3.05, 3.63) is 77.8 Å². The maximum atomic E-state index is 10.7. The van der Waals surface area contributed by atoms with E-state index in [1.165, 1.54) is 17.2 Å². The summed E-state index contributed by atoms with van der Waals surface area (Å²) in [5.74, 6) is 12.3. The number of hydrogen-bond donors (Lipinski definition) is 4. The van der Waals surface area contributed by atoms with E-state index in [0.29, 0.717) is 46.6 Å². The van der Waals surface area contributed by atoms with Gasteiger partial charge in [0.2, 0.25) is 0 Å². The maximum absolute atomic E-state index is 10.7. The second kappa shape index (κ2) is 13.2. The molecule has 0 unspecified atom stereocenters. The molecule has 2 aromatic carbocycles. The third kappa shape index (κ3) is 7.64. The van der Waals surface area contributed by atoms with E-state index in [-0.39, 0.29) is 0 Å². The van der Waals surface area contributed by atoms with E-state index < -0.39 is 5.97 Å². The number of aromatic nitrogens is 3. The van der Waals surface area contributed by atoms with Gasteiger partial charge in [-0.3, -0.25) is 4.68 Å². The Kier molecular flexibility index (Phi) is 8.97. The largest absolute Gasteiger partial charge is 0.490 e. The minimum absolute atomic E-state index is 0.386. The summed E-state index contributed by atoms with van der Waals surface area (Å²) < 4.78 is 13.5. The van der Waals surface area contributed by atoms with E-state index in [1.54, 1.807) is 25.3 Å². The second-order valence-electron chi connectivity index (χ2n) is 10.7. The first kappa shape index (κ1) is 29.9. The van der Waals surface area contributed by atoms with Crippen LogP contribution in [0.3, 0.4) is 0 Å². The number of rotatable bonds is 10. The predicted octanol–water partition coefficient (Wildman–Crippen LogP) is 3.97. The van der Waals surface area contributed by atoms with Crippen molar-refractivity contribution in [1.82, 2.24) is 19.5 Å². The van der Waals surface area contributed by atoms with Crippen molar-refractivity contribution in [1.29, 1.82) is 0 Å². The second-order valence-corrected chi connectivity index (χ2v) is 10.7. The van der Waals surface area contributed by atoms with Gasteiger partial charge in [-0.05, 0) is 75.7 Å². The van der Waals surface area contributed by atoms with Crippen molar-refractivity contribution < 1.29 is 19.4 Å².